The predicted octanol–water partition coefficient (Wildman–Crippen LogP) is 3.78. The summed E-state index contributed by atoms with van der Waals surface area (Å²) in [5.41, 5.74) is 0.0867. The maximum absolute atomic E-state index is 12.7. The molecule has 0 radical (unpaired) electrons. The van der Waals surface area contributed by atoms with Crippen LogP contribution >= 0.6 is 23.1 Å². The first-order valence-corrected chi connectivity index (χ1v) is 15.1. The second-order valence-electron chi connectivity index (χ2n) is 9.04. The first kappa shape index (κ1) is 32.2. The van der Waals surface area contributed by atoms with Crippen LogP contribution in [-0.4, -0.2) is 51.7 Å². The molecular formula is C27H38N4O6S2. The summed E-state index contributed by atoms with van der Waals surface area (Å²) in [6.07, 6.45) is 10.5. The van der Waals surface area contributed by atoms with E-state index >= 15 is 0 Å². The molecule has 3 N–H and O–H groups in total. The highest BCUT2D eigenvalue weighted by Crippen LogP contribution is 2.14. The molecule has 1 aromatic heterocycles. The topological polar surface area (TPSA) is 144 Å². The molecule has 2 rings (SSSR count). The molecule has 2 bridgehead atoms. The van der Waals surface area contributed by atoms with E-state index in [1.165, 1.54) is 54.3 Å². The number of hydrogen-bond donors (Lipinski definition) is 3. The van der Waals surface area contributed by atoms with Crippen LogP contribution in [0.25, 0.3) is 0 Å². The number of nitrogens with zero attached hydrogens (tertiary/aromatic N) is 1. The van der Waals surface area contributed by atoms with Gasteiger partial charge in [0.25, 0.3) is 11.8 Å². The number of amides is 3. The standard InChI is InChI=1S/C27H38N4O6S2/c1-4-6-7-8-9-13-24(33)38-14-11-10-12-19-15-22(32)28-16-23-30-21(17-39-23)26(35)31-20(5-2)25(34)29-18(3)27(36)37-19/h5,10,12,17-19H,4,6-9,11,13-16H2,1-3H3,(H,28,32)(H,29,34)(H,31,35)/b12-10+,20-5-/t18-,19-/m1/s1. The maximum atomic E-state index is 12.7. The summed E-state index contributed by atoms with van der Waals surface area (Å²) in [5, 5.41) is 9.94. The van der Waals surface area contributed by atoms with Crippen molar-refractivity contribution >= 4 is 51.9 Å². The van der Waals surface area contributed by atoms with Crippen molar-refractivity contribution in [2.24, 2.45) is 0 Å². The van der Waals surface area contributed by atoms with Gasteiger partial charge < -0.3 is 20.7 Å². The van der Waals surface area contributed by atoms with E-state index in [2.05, 4.69) is 27.9 Å². The molecule has 39 heavy (non-hydrogen) atoms. The zero-order valence-electron chi connectivity index (χ0n) is 22.7. The number of allylic oxidation sites excluding steroid dienone is 2. The zero-order valence-corrected chi connectivity index (χ0v) is 24.4. The fraction of sp³-hybridized carbons (Fsp3) is 0.556. The molecule has 1 aliphatic rings. The first-order valence-electron chi connectivity index (χ1n) is 13.3. The summed E-state index contributed by atoms with van der Waals surface area (Å²) >= 11 is 2.48. The number of hydrogen-bond acceptors (Lipinski definition) is 9. The van der Waals surface area contributed by atoms with Crippen LogP contribution in [0.15, 0.2) is 29.3 Å². The zero-order chi connectivity index (χ0) is 28.6. The van der Waals surface area contributed by atoms with E-state index in [0.29, 0.717) is 23.6 Å². The Kier molecular flexibility index (Phi) is 14.5. The molecule has 2 heterocycles. The van der Waals surface area contributed by atoms with Crippen molar-refractivity contribution in [3.63, 3.8) is 0 Å². The van der Waals surface area contributed by atoms with Gasteiger partial charge in [-0.15, -0.1) is 11.3 Å². The van der Waals surface area contributed by atoms with Gasteiger partial charge in [0.05, 0.1) is 13.0 Å². The normalized spacial score (nSPS) is 20.4. The van der Waals surface area contributed by atoms with Crippen molar-refractivity contribution in [2.45, 2.75) is 90.8 Å². The molecule has 0 fully saturated rings. The van der Waals surface area contributed by atoms with Crippen molar-refractivity contribution in [2.75, 3.05) is 5.75 Å². The Morgan fingerprint density at radius 3 is 2.69 bits per heavy atom. The smallest absolute Gasteiger partial charge is 0.328 e. The summed E-state index contributed by atoms with van der Waals surface area (Å²) in [5.74, 6) is -1.74. The quantitative estimate of drug-likeness (QED) is 0.165. The summed E-state index contributed by atoms with van der Waals surface area (Å²) in [4.78, 5) is 66.6. The first-order chi connectivity index (χ1) is 18.7. The van der Waals surface area contributed by atoms with Gasteiger partial charge in [0, 0.05) is 17.6 Å². The predicted molar refractivity (Wildman–Crippen MR) is 152 cm³/mol. The highest BCUT2D eigenvalue weighted by molar-refractivity contribution is 8.13. The Hall–Kier alpha value is -2.99. The number of unbranched alkanes of at least 4 members (excludes halogenated alkanes) is 4. The van der Waals surface area contributed by atoms with E-state index in [-0.39, 0.29) is 35.4 Å². The Morgan fingerprint density at radius 2 is 1.95 bits per heavy atom. The molecule has 1 aliphatic heterocycles. The number of nitrogens with one attached hydrogen (secondary N) is 3. The van der Waals surface area contributed by atoms with Crippen LogP contribution in [0.1, 0.15) is 87.6 Å². The number of aromatic nitrogens is 1. The molecule has 2 atom stereocenters. The van der Waals surface area contributed by atoms with Crippen molar-refractivity contribution in [3.8, 4) is 0 Å². The lowest BCUT2D eigenvalue weighted by Crippen LogP contribution is -2.44. The molecule has 0 saturated heterocycles. The lowest BCUT2D eigenvalue weighted by atomic mass is 10.1. The average Bonchev–Trinajstić information content (AvgIpc) is 3.38. The second-order valence-corrected chi connectivity index (χ2v) is 11.1. The minimum atomic E-state index is -1.03. The van der Waals surface area contributed by atoms with E-state index < -0.39 is 29.9 Å². The lowest BCUT2D eigenvalue weighted by Gasteiger charge is -2.19. The molecule has 0 aromatic carbocycles. The average molecular weight is 579 g/mol. The number of rotatable bonds is 10. The van der Waals surface area contributed by atoms with Crippen molar-refractivity contribution in [1.82, 2.24) is 20.9 Å². The van der Waals surface area contributed by atoms with Gasteiger partial charge in [-0.3, -0.25) is 19.2 Å². The Balaban J connectivity index is 2.00. The van der Waals surface area contributed by atoms with E-state index in [4.69, 9.17) is 4.74 Å². The SMILES string of the molecule is C/C=C1\NC(=O)c2csc(n2)CNC(=O)C[C@@H](/C=C/CCSC(=O)CCCCCCC)OC(=O)[C@@H](C)NC1=O. The van der Waals surface area contributed by atoms with E-state index in [1.54, 1.807) is 19.1 Å². The number of fused-ring (bicyclic) bond motifs is 2. The number of ether oxygens (including phenoxy) is 1. The van der Waals surface area contributed by atoms with Gasteiger partial charge in [-0.2, -0.15) is 0 Å². The lowest BCUT2D eigenvalue weighted by molar-refractivity contribution is -0.151. The minimum Gasteiger partial charge on any atom is -0.456 e. The molecular weight excluding hydrogens is 540 g/mol. The summed E-state index contributed by atoms with van der Waals surface area (Å²) in [6.45, 7) is 5.30. The van der Waals surface area contributed by atoms with Crippen molar-refractivity contribution in [1.29, 1.82) is 0 Å². The number of esters is 1. The number of cyclic esters (lactones) is 1. The molecule has 10 nitrogen and oxygen atoms in total. The fourth-order valence-electron chi connectivity index (χ4n) is 3.54. The van der Waals surface area contributed by atoms with Crippen LogP contribution in [0.4, 0.5) is 0 Å². The van der Waals surface area contributed by atoms with Crippen molar-refractivity contribution in [3.05, 3.63) is 40.0 Å². The number of thiazole rings is 1. The van der Waals surface area contributed by atoms with Gasteiger partial charge >= 0.3 is 5.97 Å². The van der Waals surface area contributed by atoms with E-state index in [9.17, 15) is 24.0 Å². The highest BCUT2D eigenvalue weighted by atomic mass is 32.2. The number of carbonyl (C=O) groups excluding carboxylic acids is 5. The maximum Gasteiger partial charge on any atom is 0.328 e. The van der Waals surface area contributed by atoms with E-state index in [1.807, 2.05) is 0 Å². The molecule has 0 saturated carbocycles. The van der Waals surface area contributed by atoms with Crippen LogP contribution in [0.2, 0.25) is 0 Å². The molecule has 1 aromatic rings. The van der Waals surface area contributed by atoms with Gasteiger partial charge in [-0.05, 0) is 32.8 Å². The monoisotopic (exact) mass is 578 g/mol. The Labute approximate surface area is 237 Å². The molecule has 0 aliphatic carbocycles. The third-order valence-corrected chi connectivity index (χ3v) is 7.56. The summed E-state index contributed by atoms with van der Waals surface area (Å²) in [7, 11) is 0. The van der Waals surface area contributed by atoms with Crippen LogP contribution in [0.3, 0.4) is 0 Å². The third-order valence-electron chi connectivity index (χ3n) is 5.74. The second kappa shape index (κ2) is 17.6. The highest BCUT2D eigenvalue weighted by Gasteiger charge is 2.25. The summed E-state index contributed by atoms with van der Waals surface area (Å²) in [6, 6.07) is -1.03. The summed E-state index contributed by atoms with van der Waals surface area (Å²) < 4.78 is 5.52. The van der Waals surface area contributed by atoms with Gasteiger partial charge in [0.1, 0.15) is 28.5 Å². The molecule has 3 amide bonds. The molecule has 214 valence electrons. The fourth-order valence-corrected chi connectivity index (χ4v) is 5.02. The Bertz CT molecular complexity index is 1070. The number of carbonyl (C=O) groups is 5. The molecule has 0 spiro atoms. The van der Waals surface area contributed by atoms with Crippen LogP contribution in [0.5, 0.6) is 0 Å². The van der Waals surface area contributed by atoms with Crippen molar-refractivity contribution < 1.29 is 28.7 Å². The van der Waals surface area contributed by atoms with Crippen LogP contribution in [0, 0.1) is 0 Å². The van der Waals surface area contributed by atoms with Gasteiger partial charge in [0.2, 0.25) is 5.91 Å². The molecule has 12 heteroatoms. The Morgan fingerprint density at radius 1 is 1.18 bits per heavy atom. The molecule has 0 unspecified atom stereocenters. The third kappa shape index (κ3) is 12.2. The number of thioether (sulfide) groups is 1. The van der Waals surface area contributed by atoms with Crippen LogP contribution in [-0.2, 0) is 30.5 Å². The largest absolute Gasteiger partial charge is 0.456 e. The van der Waals surface area contributed by atoms with Gasteiger partial charge in [-0.25, -0.2) is 9.78 Å². The van der Waals surface area contributed by atoms with Crippen LogP contribution < -0.4 is 16.0 Å². The van der Waals surface area contributed by atoms with E-state index in [0.717, 1.165) is 19.3 Å². The van der Waals surface area contributed by atoms with Gasteiger partial charge in [-0.1, -0.05) is 56.5 Å². The van der Waals surface area contributed by atoms with Gasteiger partial charge in [0.15, 0.2) is 5.12 Å². The minimum absolute atomic E-state index is 0.0287.